The molecule has 0 aliphatic carbocycles. The third-order valence-electron chi connectivity index (χ3n) is 5.93. The topological polar surface area (TPSA) is 33.3 Å². The second-order valence-electron chi connectivity index (χ2n) is 8.18. The second kappa shape index (κ2) is 9.88. The summed E-state index contributed by atoms with van der Waals surface area (Å²) in [6.45, 7) is 6.46. The van der Waals surface area contributed by atoms with Crippen molar-refractivity contribution in [3.63, 3.8) is 0 Å². The summed E-state index contributed by atoms with van der Waals surface area (Å²) in [4.78, 5) is 0. The van der Waals surface area contributed by atoms with Crippen LogP contribution in [0.3, 0.4) is 0 Å². The van der Waals surface area contributed by atoms with Crippen LogP contribution >= 0.6 is 12.2 Å². The molecule has 0 aliphatic heterocycles. The average molecular weight is 453 g/mol. The van der Waals surface area contributed by atoms with E-state index in [-0.39, 0.29) is 0 Å². The van der Waals surface area contributed by atoms with Crippen LogP contribution in [0.5, 0.6) is 5.75 Å². The van der Waals surface area contributed by atoms with Crippen molar-refractivity contribution in [3.8, 4) is 5.75 Å². The highest BCUT2D eigenvalue weighted by atomic mass is 32.1. The van der Waals surface area contributed by atoms with Gasteiger partial charge in [-0.3, -0.25) is 0 Å². The lowest BCUT2D eigenvalue weighted by atomic mass is 10.00. The van der Waals surface area contributed by atoms with E-state index in [2.05, 4.69) is 73.9 Å². The molecule has 3 nitrogen and oxygen atoms in total. The number of ether oxygens (including phenoxy) is 1. The van der Waals surface area contributed by atoms with E-state index >= 15 is 0 Å². The Hall–Kier alpha value is -3.63. The van der Waals surface area contributed by atoms with Crippen LogP contribution in [0.4, 0.5) is 11.4 Å². The van der Waals surface area contributed by atoms with Crippen LogP contribution in [0.2, 0.25) is 0 Å². The van der Waals surface area contributed by atoms with E-state index in [0.717, 1.165) is 33.5 Å². The Kier molecular flexibility index (Phi) is 6.76. The van der Waals surface area contributed by atoms with Gasteiger partial charge in [0.05, 0.1) is 12.8 Å². The fourth-order valence-corrected chi connectivity index (χ4v) is 4.12. The molecule has 4 heteroatoms. The van der Waals surface area contributed by atoms with E-state index in [4.69, 9.17) is 17.0 Å². The van der Waals surface area contributed by atoms with Gasteiger partial charge >= 0.3 is 0 Å². The van der Waals surface area contributed by atoms with Gasteiger partial charge in [0.2, 0.25) is 0 Å². The summed E-state index contributed by atoms with van der Waals surface area (Å²) in [5.74, 6) is 0.733. The van der Waals surface area contributed by atoms with Crippen molar-refractivity contribution in [2.24, 2.45) is 0 Å². The van der Waals surface area contributed by atoms with Crippen molar-refractivity contribution < 1.29 is 4.74 Å². The molecule has 0 bridgehead atoms. The van der Waals surface area contributed by atoms with Crippen LogP contribution < -0.4 is 15.4 Å². The lowest BCUT2D eigenvalue weighted by Crippen LogP contribution is -2.19. The first-order valence-electron chi connectivity index (χ1n) is 10.9. The first-order chi connectivity index (χ1) is 15.9. The van der Waals surface area contributed by atoms with Crippen molar-refractivity contribution in [1.29, 1.82) is 0 Å². The summed E-state index contributed by atoms with van der Waals surface area (Å²) in [5.41, 5.74) is 7.97. The SMILES string of the molecule is COc1ccc(/C=C\c2cc(C)c(C)c(C)c2)cc1NC(=S)Nc1cccc2ccccc12. The Morgan fingerprint density at radius 1 is 0.758 bits per heavy atom. The molecule has 4 aromatic carbocycles. The Morgan fingerprint density at radius 2 is 1.42 bits per heavy atom. The Bertz CT molecular complexity index is 1330. The molecule has 0 unspecified atom stereocenters. The molecule has 0 heterocycles. The van der Waals surface area contributed by atoms with Gasteiger partial charge in [-0.25, -0.2) is 0 Å². The molecule has 0 amide bonds. The van der Waals surface area contributed by atoms with E-state index in [1.54, 1.807) is 7.11 Å². The molecule has 2 N–H and O–H groups in total. The maximum Gasteiger partial charge on any atom is 0.175 e. The lowest BCUT2D eigenvalue weighted by Gasteiger charge is -2.15. The minimum absolute atomic E-state index is 0.510. The van der Waals surface area contributed by atoms with Crippen LogP contribution in [0.1, 0.15) is 27.8 Å². The summed E-state index contributed by atoms with van der Waals surface area (Å²) in [7, 11) is 1.66. The molecule has 0 fully saturated rings. The minimum atomic E-state index is 0.510. The number of anilines is 2. The summed E-state index contributed by atoms with van der Waals surface area (Å²) in [6, 6.07) is 24.8. The van der Waals surface area contributed by atoms with Crippen molar-refractivity contribution in [2.45, 2.75) is 20.8 Å². The van der Waals surface area contributed by atoms with Gasteiger partial charge < -0.3 is 15.4 Å². The van der Waals surface area contributed by atoms with E-state index in [1.165, 1.54) is 22.3 Å². The van der Waals surface area contributed by atoms with E-state index in [1.807, 2.05) is 42.5 Å². The van der Waals surface area contributed by atoms with Gasteiger partial charge in [0.25, 0.3) is 0 Å². The van der Waals surface area contributed by atoms with Crippen molar-refractivity contribution in [1.82, 2.24) is 0 Å². The fraction of sp³-hybridized carbons (Fsp3) is 0.138. The quantitative estimate of drug-likeness (QED) is 0.239. The smallest absolute Gasteiger partial charge is 0.175 e. The zero-order chi connectivity index (χ0) is 23.4. The summed E-state index contributed by atoms with van der Waals surface area (Å²) in [6.07, 6.45) is 4.24. The molecular formula is C29H28N2OS. The van der Waals surface area contributed by atoms with Gasteiger partial charge in [-0.15, -0.1) is 0 Å². The zero-order valence-corrected chi connectivity index (χ0v) is 20.2. The molecular weight excluding hydrogens is 424 g/mol. The second-order valence-corrected chi connectivity index (χ2v) is 8.59. The first-order valence-corrected chi connectivity index (χ1v) is 11.3. The monoisotopic (exact) mass is 452 g/mol. The van der Waals surface area contributed by atoms with Crippen molar-refractivity contribution >= 4 is 51.6 Å². The number of benzene rings is 4. The highest BCUT2D eigenvalue weighted by Gasteiger charge is 2.08. The molecule has 4 rings (SSSR count). The predicted octanol–water partition coefficient (Wildman–Crippen LogP) is 7.75. The van der Waals surface area contributed by atoms with Gasteiger partial charge in [0.1, 0.15) is 5.75 Å². The van der Waals surface area contributed by atoms with Gasteiger partial charge in [0.15, 0.2) is 5.11 Å². The summed E-state index contributed by atoms with van der Waals surface area (Å²) in [5, 5.41) is 9.42. The van der Waals surface area contributed by atoms with Crippen LogP contribution in [0.15, 0.2) is 72.8 Å². The van der Waals surface area contributed by atoms with Gasteiger partial charge in [-0.05, 0) is 84.4 Å². The number of rotatable bonds is 5. The lowest BCUT2D eigenvalue weighted by molar-refractivity contribution is 0.417. The molecule has 0 radical (unpaired) electrons. The molecule has 0 atom stereocenters. The van der Waals surface area contributed by atoms with Gasteiger partial charge in [-0.2, -0.15) is 0 Å². The number of fused-ring (bicyclic) bond motifs is 1. The van der Waals surface area contributed by atoms with E-state index < -0.39 is 0 Å². The molecule has 0 aromatic heterocycles. The third-order valence-corrected chi connectivity index (χ3v) is 6.13. The van der Waals surface area contributed by atoms with Crippen LogP contribution in [0, 0.1) is 20.8 Å². The third kappa shape index (κ3) is 5.24. The van der Waals surface area contributed by atoms with Gasteiger partial charge in [0, 0.05) is 11.1 Å². The number of hydrogen-bond donors (Lipinski definition) is 2. The highest BCUT2D eigenvalue weighted by molar-refractivity contribution is 7.80. The van der Waals surface area contributed by atoms with Crippen molar-refractivity contribution in [2.75, 3.05) is 17.7 Å². The number of aryl methyl sites for hydroxylation is 2. The minimum Gasteiger partial charge on any atom is -0.495 e. The highest BCUT2D eigenvalue weighted by Crippen LogP contribution is 2.28. The molecule has 0 saturated carbocycles. The Morgan fingerprint density at radius 3 is 2.18 bits per heavy atom. The molecule has 0 aliphatic rings. The molecule has 0 spiro atoms. The predicted molar refractivity (Wildman–Crippen MR) is 146 cm³/mol. The normalized spacial score (nSPS) is 11.0. The average Bonchev–Trinajstić information content (AvgIpc) is 2.81. The maximum atomic E-state index is 5.62. The zero-order valence-electron chi connectivity index (χ0n) is 19.4. The summed E-state index contributed by atoms with van der Waals surface area (Å²) < 4.78 is 5.56. The van der Waals surface area contributed by atoms with Crippen LogP contribution in [-0.4, -0.2) is 12.2 Å². The van der Waals surface area contributed by atoms with Crippen LogP contribution in [0.25, 0.3) is 22.9 Å². The number of thiocarbonyl (C=S) groups is 1. The Labute approximate surface area is 201 Å². The molecule has 166 valence electrons. The van der Waals surface area contributed by atoms with Gasteiger partial charge in [-0.1, -0.05) is 66.7 Å². The first kappa shape index (κ1) is 22.6. The molecule has 0 saturated heterocycles. The fourth-order valence-electron chi connectivity index (χ4n) is 3.90. The number of hydrogen-bond acceptors (Lipinski definition) is 2. The van der Waals surface area contributed by atoms with Crippen LogP contribution in [-0.2, 0) is 0 Å². The van der Waals surface area contributed by atoms with E-state index in [9.17, 15) is 0 Å². The van der Waals surface area contributed by atoms with E-state index in [0.29, 0.717) is 5.11 Å². The molecule has 4 aromatic rings. The molecule has 33 heavy (non-hydrogen) atoms. The largest absolute Gasteiger partial charge is 0.495 e. The van der Waals surface area contributed by atoms with Crippen molar-refractivity contribution in [3.05, 3.63) is 101 Å². The standard InChI is InChI=1S/C29H28N2OS/c1-19-16-23(17-20(2)21(19)3)13-12-22-14-15-28(32-4)27(18-22)31-29(33)30-26-11-7-9-24-8-5-6-10-25(24)26/h5-18H,1-4H3,(H2,30,31,33)/b13-12-. The number of nitrogens with one attached hydrogen (secondary N) is 2. The number of methoxy groups -OCH3 is 1. The maximum absolute atomic E-state index is 5.62. The Balaban J connectivity index is 1.55. The summed E-state index contributed by atoms with van der Waals surface area (Å²) >= 11 is 5.62.